The maximum absolute atomic E-state index is 11.9. The van der Waals surface area contributed by atoms with Gasteiger partial charge in [-0.15, -0.1) is 0 Å². The number of rotatable bonds is 5. The molecule has 0 spiro atoms. The van der Waals surface area contributed by atoms with Gasteiger partial charge in [-0.05, 0) is 28.8 Å². The molecule has 0 aliphatic heterocycles. The summed E-state index contributed by atoms with van der Waals surface area (Å²) < 4.78 is 5.22. The lowest BCUT2D eigenvalue weighted by Gasteiger charge is -2.09. The van der Waals surface area contributed by atoms with Crippen molar-refractivity contribution in [1.82, 2.24) is 0 Å². The lowest BCUT2D eigenvalue weighted by molar-refractivity contribution is 0.112. The number of hydrogen-bond acceptors (Lipinski definition) is 3. The van der Waals surface area contributed by atoms with Gasteiger partial charge < -0.3 is 4.74 Å². The van der Waals surface area contributed by atoms with Gasteiger partial charge in [-0.2, -0.15) is 0 Å². The molecule has 1 amide bonds. The van der Waals surface area contributed by atoms with Crippen molar-refractivity contribution in [2.75, 3.05) is 5.32 Å². The van der Waals surface area contributed by atoms with Gasteiger partial charge in [0.25, 0.3) is 0 Å². The van der Waals surface area contributed by atoms with Gasteiger partial charge in [0.2, 0.25) is 0 Å². The lowest BCUT2D eigenvalue weighted by Crippen LogP contribution is -2.13. The van der Waals surface area contributed by atoms with Crippen LogP contribution in [0.25, 0.3) is 11.1 Å². The van der Waals surface area contributed by atoms with Gasteiger partial charge in [0, 0.05) is 11.3 Å². The van der Waals surface area contributed by atoms with E-state index >= 15 is 0 Å². The maximum atomic E-state index is 11.9. The van der Waals surface area contributed by atoms with Gasteiger partial charge in [-0.3, -0.25) is 10.1 Å². The molecule has 3 rings (SSSR count). The van der Waals surface area contributed by atoms with Crippen LogP contribution in [0.3, 0.4) is 0 Å². The fourth-order valence-electron chi connectivity index (χ4n) is 2.41. The van der Waals surface area contributed by atoms with Crippen LogP contribution in [0, 0.1) is 0 Å². The number of amides is 1. The van der Waals surface area contributed by atoms with E-state index in [-0.39, 0.29) is 6.61 Å². The first-order valence-corrected chi connectivity index (χ1v) is 7.88. The Kier molecular flexibility index (Phi) is 5.22. The van der Waals surface area contributed by atoms with E-state index < -0.39 is 6.09 Å². The van der Waals surface area contributed by atoms with Crippen molar-refractivity contribution >= 4 is 18.1 Å². The van der Waals surface area contributed by atoms with Crippen molar-refractivity contribution in [1.29, 1.82) is 0 Å². The Morgan fingerprint density at radius 1 is 0.880 bits per heavy atom. The van der Waals surface area contributed by atoms with Gasteiger partial charge in [-0.1, -0.05) is 66.7 Å². The van der Waals surface area contributed by atoms with Crippen LogP contribution in [0.5, 0.6) is 0 Å². The number of hydrogen-bond donors (Lipinski definition) is 1. The zero-order chi connectivity index (χ0) is 17.5. The standard InChI is InChI=1S/C21H17NO3/c23-14-16-9-11-18(12-10-16)19-7-4-8-20(13-19)22-21(24)25-15-17-5-2-1-3-6-17/h1-14H,15H2,(H,22,24). The van der Waals surface area contributed by atoms with Crippen molar-refractivity contribution in [2.24, 2.45) is 0 Å². The van der Waals surface area contributed by atoms with E-state index in [1.54, 1.807) is 18.2 Å². The normalized spacial score (nSPS) is 10.1. The zero-order valence-electron chi connectivity index (χ0n) is 13.5. The monoisotopic (exact) mass is 331 g/mol. The van der Waals surface area contributed by atoms with Crippen molar-refractivity contribution in [3.05, 3.63) is 90.0 Å². The zero-order valence-corrected chi connectivity index (χ0v) is 13.5. The van der Waals surface area contributed by atoms with Crippen LogP contribution in [-0.4, -0.2) is 12.4 Å². The molecular weight excluding hydrogens is 314 g/mol. The second-order valence-electron chi connectivity index (χ2n) is 5.51. The van der Waals surface area contributed by atoms with E-state index in [1.807, 2.05) is 60.7 Å². The first-order chi connectivity index (χ1) is 12.2. The Bertz CT molecular complexity index is 858. The molecule has 0 heterocycles. The van der Waals surface area contributed by atoms with E-state index in [1.165, 1.54) is 0 Å². The van der Waals surface area contributed by atoms with Crippen LogP contribution >= 0.6 is 0 Å². The number of carbonyl (C=O) groups excluding carboxylic acids is 2. The van der Waals surface area contributed by atoms with Crippen molar-refractivity contribution < 1.29 is 14.3 Å². The van der Waals surface area contributed by atoms with Crippen molar-refractivity contribution in [3.63, 3.8) is 0 Å². The number of aldehydes is 1. The highest BCUT2D eigenvalue weighted by molar-refractivity contribution is 5.86. The average molecular weight is 331 g/mol. The molecule has 3 aromatic rings. The summed E-state index contributed by atoms with van der Waals surface area (Å²) in [7, 11) is 0. The predicted molar refractivity (Wildman–Crippen MR) is 97.5 cm³/mol. The average Bonchev–Trinajstić information content (AvgIpc) is 2.67. The molecular formula is C21H17NO3. The first kappa shape index (κ1) is 16.5. The Morgan fingerprint density at radius 2 is 1.64 bits per heavy atom. The summed E-state index contributed by atoms with van der Waals surface area (Å²) in [6, 6.07) is 24.2. The Morgan fingerprint density at radius 3 is 2.36 bits per heavy atom. The summed E-state index contributed by atoms with van der Waals surface area (Å²) in [5, 5.41) is 2.73. The first-order valence-electron chi connectivity index (χ1n) is 7.88. The van der Waals surface area contributed by atoms with Gasteiger partial charge in [0.15, 0.2) is 0 Å². The van der Waals surface area contributed by atoms with Crippen LogP contribution in [-0.2, 0) is 11.3 Å². The molecule has 25 heavy (non-hydrogen) atoms. The lowest BCUT2D eigenvalue weighted by atomic mass is 10.0. The molecule has 0 fully saturated rings. The van der Waals surface area contributed by atoms with Crippen LogP contribution in [0.1, 0.15) is 15.9 Å². The maximum Gasteiger partial charge on any atom is 0.411 e. The summed E-state index contributed by atoms with van der Waals surface area (Å²) in [5.74, 6) is 0. The fraction of sp³-hybridized carbons (Fsp3) is 0.0476. The number of benzene rings is 3. The topological polar surface area (TPSA) is 55.4 Å². The van der Waals surface area contributed by atoms with E-state index in [0.29, 0.717) is 11.3 Å². The third-order valence-corrected chi connectivity index (χ3v) is 3.70. The number of ether oxygens (including phenoxy) is 1. The Hall–Kier alpha value is -3.40. The smallest absolute Gasteiger partial charge is 0.411 e. The minimum atomic E-state index is -0.502. The molecule has 0 saturated carbocycles. The molecule has 3 aromatic carbocycles. The Labute approximate surface area is 146 Å². The molecule has 0 unspecified atom stereocenters. The van der Waals surface area contributed by atoms with Gasteiger partial charge in [-0.25, -0.2) is 4.79 Å². The summed E-state index contributed by atoms with van der Waals surface area (Å²) in [6.07, 6.45) is 0.308. The predicted octanol–water partition coefficient (Wildman–Crippen LogP) is 4.91. The minimum absolute atomic E-state index is 0.222. The quantitative estimate of drug-likeness (QED) is 0.676. The van der Waals surface area contributed by atoms with Crippen LogP contribution in [0.4, 0.5) is 10.5 Å². The molecule has 4 heteroatoms. The second-order valence-corrected chi connectivity index (χ2v) is 5.51. The SMILES string of the molecule is O=Cc1ccc(-c2cccc(NC(=O)OCc3ccccc3)c2)cc1. The van der Waals surface area contributed by atoms with Crippen LogP contribution in [0.2, 0.25) is 0 Å². The molecule has 0 saturated heterocycles. The number of anilines is 1. The van der Waals surface area contributed by atoms with Gasteiger partial charge >= 0.3 is 6.09 Å². The van der Waals surface area contributed by atoms with Crippen LogP contribution < -0.4 is 5.32 Å². The van der Waals surface area contributed by atoms with Crippen molar-refractivity contribution in [2.45, 2.75) is 6.61 Å². The molecule has 0 radical (unpaired) electrons. The highest BCUT2D eigenvalue weighted by Crippen LogP contribution is 2.23. The molecule has 0 aromatic heterocycles. The molecule has 0 atom stereocenters. The summed E-state index contributed by atoms with van der Waals surface area (Å²) >= 11 is 0. The highest BCUT2D eigenvalue weighted by atomic mass is 16.5. The molecule has 124 valence electrons. The molecule has 0 bridgehead atoms. The third-order valence-electron chi connectivity index (χ3n) is 3.70. The van der Waals surface area contributed by atoms with E-state index in [0.717, 1.165) is 23.0 Å². The fourth-order valence-corrected chi connectivity index (χ4v) is 2.41. The third kappa shape index (κ3) is 4.54. The molecule has 1 N–H and O–H groups in total. The largest absolute Gasteiger partial charge is 0.444 e. The summed E-state index contributed by atoms with van der Waals surface area (Å²) in [6.45, 7) is 0.222. The van der Waals surface area contributed by atoms with Crippen LogP contribution in [0.15, 0.2) is 78.9 Å². The summed E-state index contributed by atoms with van der Waals surface area (Å²) in [5.41, 5.74) is 4.12. The van der Waals surface area contributed by atoms with Crippen molar-refractivity contribution in [3.8, 4) is 11.1 Å². The van der Waals surface area contributed by atoms with E-state index in [9.17, 15) is 9.59 Å². The van der Waals surface area contributed by atoms with E-state index in [4.69, 9.17) is 4.74 Å². The molecule has 0 aliphatic rings. The van der Waals surface area contributed by atoms with Gasteiger partial charge in [0.05, 0.1) is 0 Å². The Balaban J connectivity index is 1.64. The van der Waals surface area contributed by atoms with Gasteiger partial charge in [0.1, 0.15) is 12.9 Å². The second kappa shape index (κ2) is 7.93. The summed E-state index contributed by atoms with van der Waals surface area (Å²) in [4.78, 5) is 22.7. The number of nitrogens with one attached hydrogen (secondary N) is 1. The minimum Gasteiger partial charge on any atom is -0.444 e. The molecule has 4 nitrogen and oxygen atoms in total. The van der Waals surface area contributed by atoms with E-state index in [2.05, 4.69) is 5.32 Å². The molecule has 0 aliphatic carbocycles. The number of carbonyl (C=O) groups is 2. The highest BCUT2D eigenvalue weighted by Gasteiger charge is 2.05.